The van der Waals surface area contributed by atoms with E-state index in [1.54, 1.807) is 22.6 Å². The van der Waals surface area contributed by atoms with Crippen molar-refractivity contribution in [2.75, 3.05) is 4.43 Å². The molecule has 0 radical (unpaired) electrons. The van der Waals surface area contributed by atoms with Crippen molar-refractivity contribution in [3.8, 4) is 0 Å². The topological polar surface area (TPSA) is 111 Å². The standard InChI is InChI=1S/C12H14FIN2O6/c1-6(17)21-11(2)8(19)12(13,5-14)22-9(11)16-4-3-7(18)15-10(16)20/h3-4,8-9,19H,5H2,1-2H3,(H,15,18,20)/t8-,9+,11+,12+/m0/s1. The van der Waals surface area contributed by atoms with Crippen LogP contribution in [0.4, 0.5) is 4.39 Å². The second-order valence-corrected chi connectivity index (χ2v) is 5.85. The quantitative estimate of drug-likeness (QED) is 0.394. The fourth-order valence-electron chi connectivity index (χ4n) is 2.40. The van der Waals surface area contributed by atoms with Gasteiger partial charge in [0.1, 0.15) is 0 Å². The molecule has 0 aliphatic carbocycles. The number of halogens is 2. The van der Waals surface area contributed by atoms with Crippen molar-refractivity contribution in [2.24, 2.45) is 0 Å². The number of hydrogen-bond acceptors (Lipinski definition) is 6. The first kappa shape index (κ1) is 17.1. The molecule has 1 saturated heterocycles. The number of nitrogens with zero attached hydrogens (tertiary/aromatic N) is 1. The molecule has 1 aliphatic heterocycles. The Balaban J connectivity index is 2.58. The first-order valence-corrected chi connectivity index (χ1v) is 7.78. The van der Waals surface area contributed by atoms with E-state index in [2.05, 4.69) is 0 Å². The van der Waals surface area contributed by atoms with Crippen LogP contribution in [0, 0.1) is 0 Å². The molecule has 2 rings (SSSR count). The van der Waals surface area contributed by atoms with Crippen LogP contribution in [0.15, 0.2) is 21.9 Å². The minimum Gasteiger partial charge on any atom is -0.452 e. The van der Waals surface area contributed by atoms with E-state index in [4.69, 9.17) is 9.47 Å². The van der Waals surface area contributed by atoms with Crippen LogP contribution < -0.4 is 11.2 Å². The van der Waals surface area contributed by atoms with E-state index in [1.807, 2.05) is 4.98 Å². The molecule has 122 valence electrons. The van der Waals surface area contributed by atoms with Crippen molar-refractivity contribution in [3.05, 3.63) is 33.1 Å². The van der Waals surface area contributed by atoms with Crippen molar-refractivity contribution >= 4 is 28.6 Å². The predicted molar refractivity (Wildman–Crippen MR) is 80.3 cm³/mol. The maximum absolute atomic E-state index is 14.7. The van der Waals surface area contributed by atoms with Crippen molar-refractivity contribution in [3.63, 3.8) is 0 Å². The molecule has 2 N–H and O–H groups in total. The molecule has 1 aromatic heterocycles. The smallest absolute Gasteiger partial charge is 0.330 e. The Morgan fingerprint density at radius 1 is 1.64 bits per heavy atom. The number of esters is 1. The number of rotatable bonds is 3. The molecule has 4 atom stereocenters. The molecule has 0 amide bonds. The molecule has 1 fully saturated rings. The lowest BCUT2D eigenvalue weighted by Crippen LogP contribution is -2.51. The summed E-state index contributed by atoms with van der Waals surface area (Å²) in [5.74, 6) is -3.28. The molecule has 8 nitrogen and oxygen atoms in total. The van der Waals surface area contributed by atoms with Crippen molar-refractivity contribution in [1.82, 2.24) is 9.55 Å². The third-order valence-corrected chi connectivity index (χ3v) is 4.44. The minimum atomic E-state index is -2.51. The first-order valence-electron chi connectivity index (χ1n) is 6.26. The van der Waals surface area contributed by atoms with Gasteiger partial charge in [0.15, 0.2) is 17.9 Å². The maximum Gasteiger partial charge on any atom is 0.330 e. The molecule has 0 unspecified atom stereocenters. The van der Waals surface area contributed by atoms with Gasteiger partial charge in [0.05, 0.1) is 4.43 Å². The van der Waals surface area contributed by atoms with Gasteiger partial charge in [-0.2, -0.15) is 0 Å². The molecular weight excluding hydrogens is 414 g/mol. The zero-order valence-electron chi connectivity index (χ0n) is 11.7. The normalized spacial score (nSPS) is 34.6. The Kier molecular flexibility index (Phi) is 4.46. The van der Waals surface area contributed by atoms with Gasteiger partial charge in [-0.3, -0.25) is 19.1 Å². The molecule has 0 saturated carbocycles. The number of carbonyl (C=O) groups is 1. The van der Waals surface area contributed by atoms with Crippen LogP contribution in [-0.4, -0.2) is 42.6 Å². The summed E-state index contributed by atoms with van der Waals surface area (Å²) in [4.78, 5) is 36.3. The monoisotopic (exact) mass is 428 g/mol. The molecule has 1 aromatic rings. The Morgan fingerprint density at radius 2 is 2.27 bits per heavy atom. The van der Waals surface area contributed by atoms with Gasteiger partial charge in [0.25, 0.3) is 5.56 Å². The van der Waals surface area contributed by atoms with Crippen molar-refractivity contribution in [2.45, 2.75) is 37.6 Å². The summed E-state index contributed by atoms with van der Waals surface area (Å²) in [7, 11) is 0. The molecule has 2 heterocycles. The Morgan fingerprint density at radius 3 is 2.77 bits per heavy atom. The number of aromatic nitrogens is 2. The van der Waals surface area contributed by atoms with Gasteiger partial charge in [-0.25, -0.2) is 9.18 Å². The third-order valence-electron chi connectivity index (χ3n) is 3.40. The van der Waals surface area contributed by atoms with E-state index >= 15 is 0 Å². The number of hydrogen-bond donors (Lipinski definition) is 2. The van der Waals surface area contributed by atoms with Gasteiger partial charge in [-0.05, 0) is 6.92 Å². The highest BCUT2D eigenvalue weighted by Gasteiger charge is 2.65. The van der Waals surface area contributed by atoms with Crippen molar-refractivity contribution in [1.29, 1.82) is 0 Å². The fourth-order valence-corrected chi connectivity index (χ4v) is 2.99. The van der Waals surface area contributed by atoms with Gasteiger partial charge >= 0.3 is 11.7 Å². The number of alkyl halides is 2. The lowest BCUT2D eigenvalue weighted by Gasteiger charge is -2.32. The zero-order chi connectivity index (χ0) is 16.7. The summed E-state index contributed by atoms with van der Waals surface area (Å²) in [6.07, 6.45) is -2.17. The highest BCUT2D eigenvalue weighted by molar-refractivity contribution is 14.1. The Labute approximate surface area is 137 Å². The van der Waals surface area contributed by atoms with Crippen LogP contribution in [0.25, 0.3) is 0 Å². The number of carbonyl (C=O) groups excluding carboxylic acids is 1. The lowest BCUT2D eigenvalue weighted by molar-refractivity contribution is -0.177. The largest absolute Gasteiger partial charge is 0.452 e. The Hall–Kier alpha value is -1.27. The molecule has 1 aliphatic rings. The number of nitrogens with one attached hydrogen (secondary N) is 1. The average Bonchev–Trinajstić information content (AvgIpc) is 2.61. The summed E-state index contributed by atoms with van der Waals surface area (Å²) < 4.78 is 25.5. The lowest BCUT2D eigenvalue weighted by atomic mass is 9.95. The second kappa shape index (κ2) is 5.74. The molecule has 0 aromatic carbocycles. The maximum atomic E-state index is 14.7. The number of ether oxygens (including phenoxy) is 2. The van der Waals surface area contributed by atoms with Gasteiger partial charge < -0.3 is 14.6 Å². The summed E-state index contributed by atoms with van der Waals surface area (Å²) in [6, 6.07) is 1.04. The summed E-state index contributed by atoms with van der Waals surface area (Å²) in [5, 5.41) is 10.2. The zero-order valence-corrected chi connectivity index (χ0v) is 13.9. The van der Waals surface area contributed by atoms with Crippen LogP contribution in [-0.2, 0) is 14.3 Å². The first-order chi connectivity index (χ1) is 10.1. The van der Waals surface area contributed by atoms with E-state index in [0.717, 1.165) is 23.8 Å². The van der Waals surface area contributed by atoms with Gasteiger partial charge in [0, 0.05) is 19.2 Å². The van der Waals surface area contributed by atoms with E-state index < -0.39 is 41.0 Å². The van der Waals surface area contributed by atoms with Gasteiger partial charge in [0.2, 0.25) is 5.85 Å². The minimum absolute atomic E-state index is 0.253. The predicted octanol–water partition coefficient (Wildman–Crippen LogP) is -0.151. The molecule has 10 heteroatoms. The van der Waals surface area contributed by atoms with Crippen molar-refractivity contribution < 1.29 is 23.8 Å². The SMILES string of the molecule is CC(=O)O[C@@]1(C)[C@H](n2ccc(=O)[nH]c2=O)O[C@](F)(CI)[C@H]1O. The molecule has 0 spiro atoms. The van der Waals surface area contributed by atoms with Gasteiger partial charge in [-0.15, -0.1) is 0 Å². The Bertz CT molecular complexity index is 705. The number of aliphatic hydroxyl groups is 1. The van der Waals surface area contributed by atoms with Gasteiger partial charge in [-0.1, -0.05) is 22.6 Å². The van der Waals surface area contributed by atoms with E-state index in [1.165, 1.54) is 6.92 Å². The molecule has 22 heavy (non-hydrogen) atoms. The number of aromatic amines is 1. The molecule has 0 bridgehead atoms. The highest BCUT2D eigenvalue weighted by Crippen LogP contribution is 2.47. The van der Waals surface area contributed by atoms with E-state index in [0.29, 0.717) is 0 Å². The van der Waals surface area contributed by atoms with Crippen LogP contribution in [0.2, 0.25) is 0 Å². The summed E-state index contributed by atoms with van der Waals surface area (Å²) in [6.45, 7) is 2.35. The number of H-pyrrole nitrogens is 1. The highest BCUT2D eigenvalue weighted by atomic mass is 127. The second-order valence-electron chi connectivity index (χ2n) is 5.09. The average molecular weight is 428 g/mol. The van der Waals surface area contributed by atoms with E-state index in [-0.39, 0.29) is 4.43 Å². The summed E-state index contributed by atoms with van der Waals surface area (Å²) in [5.41, 5.74) is -3.36. The molecular formula is C12H14FIN2O6. The van der Waals surface area contributed by atoms with E-state index in [9.17, 15) is 23.9 Å². The third kappa shape index (κ3) is 2.70. The van der Waals surface area contributed by atoms with Crippen LogP contribution in [0.5, 0.6) is 0 Å². The van der Waals surface area contributed by atoms with Crippen LogP contribution >= 0.6 is 22.6 Å². The summed E-state index contributed by atoms with van der Waals surface area (Å²) >= 11 is 1.67. The van der Waals surface area contributed by atoms with Crippen LogP contribution in [0.3, 0.4) is 0 Å². The van der Waals surface area contributed by atoms with Crippen LogP contribution in [0.1, 0.15) is 20.1 Å². The fraction of sp³-hybridized carbons (Fsp3) is 0.583. The number of aliphatic hydroxyl groups excluding tert-OH is 1.